The molecule has 1 aromatic carbocycles. The molecule has 3 heterocycles. The van der Waals surface area contributed by atoms with Crippen LogP contribution in [0.3, 0.4) is 0 Å². The maximum absolute atomic E-state index is 4.62. The van der Waals surface area contributed by atoms with Crippen molar-refractivity contribution >= 4 is 11.5 Å². The van der Waals surface area contributed by atoms with Gasteiger partial charge in [-0.1, -0.05) is 18.2 Å². The second-order valence-corrected chi connectivity index (χ2v) is 6.55. The normalized spacial score (nSPS) is 18.4. The minimum Gasteiger partial charge on any atom is -0.370 e. The van der Waals surface area contributed by atoms with E-state index in [-0.39, 0.29) is 0 Å². The van der Waals surface area contributed by atoms with Crippen molar-refractivity contribution in [2.75, 3.05) is 25.0 Å². The van der Waals surface area contributed by atoms with Crippen LogP contribution in [0, 0.1) is 0 Å². The van der Waals surface area contributed by atoms with Crippen molar-refractivity contribution < 1.29 is 0 Å². The number of para-hydroxylation sites is 1. The third kappa shape index (κ3) is 3.12. The fourth-order valence-electron chi connectivity index (χ4n) is 3.53. The van der Waals surface area contributed by atoms with Crippen LogP contribution in [0.1, 0.15) is 18.5 Å². The van der Waals surface area contributed by atoms with Gasteiger partial charge in [-0.15, -0.1) is 0 Å². The molecule has 0 N–H and O–H groups in total. The maximum atomic E-state index is 4.62. The van der Waals surface area contributed by atoms with Crippen LogP contribution in [0.4, 0.5) is 5.69 Å². The van der Waals surface area contributed by atoms with Gasteiger partial charge >= 0.3 is 0 Å². The van der Waals surface area contributed by atoms with Gasteiger partial charge in [-0.25, -0.2) is 9.97 Å². The van der Waals surface area contributed by atoms with E-state index in [2.05, 4.69) is 63.3 Å². The molecule has 1 atom stereocenters. The summed E-state index contributed by atoms with van der Waals surface area (Å²) in [7, 11) is 2.20. The van der Waals surface area contributed by atoms with Gasteiger partial charge in [0, 0.05) is 50.0 Å². The topological polar surface area (TPSA) is 36.7 Å². The van der Waals surface area contributed by atoms with Gasteiger partial charge in [0.2, 0.25) is 5.78 Å². The van der Waals surface area contributed by atoms with Crippen LogP contribution in [0.5, 0.6) is 0 Å². The number of hydrogen-bond acceptors (Lipinski definition) is 4. The fourth-order valence-corrected chi connectivity index (χ4v) is 3.53. The van der Waals surface area contributed by atoms with Crippen molar-refractivity contribution in [3.63, 3.8) is 0 Å². The Bertz CT molecular complexity index is 765. The highest BCUT2D eigenvalue weighted by molar-refractivity contribution is 5.46. The molecule has 24 heavy (non-hydrogen) atoms. The van der Waals surface area contributed by atoms with Gasteiger partial charge in [-0.05, 0) is 38.1 Å². The van der Waals surface area contributed by atoms with Crippen molar-refractivity contribution in [3.8, 4) is 0 Å². The second-order valence-electron chi connectivity index (χ2n) is 6.55. The van der Waals surface area contributed by atoms with Gasteiger partial charge in [0.05, 0.1) is 5.69 Å². The van der Waals surface area contributed by atoms with Crippen molar-refractivity contribution in [3.05, 3.63) is 60.7 Å². The predicted molar refractivity (Wildman–Crippen MR) is 96.1 cm³/mol. The van der Waals surface area contributed by atoms with E-state index in [0.717, 1.165) is 31.1 Å². The molecule has 0 aliphatic carbocycles. The van der Waals surface area contributed by atoms with Crippen molar-refractivity contribution in [1.29, 1.82) is 0 Å². The van der Waals surface area contributed by atoms with E-state index in [4.69, 9.17) is 0 Å². The first-order chi connectivity index (χ1) is 11.8. The Morgan fingerprint density at radius 2 is 2.08 bits per heavy atom. The highest BCUT2D eigenvalue weighted by Gasteiger charge is 2.23. The first-order valence-electron chi connectivity index (χ1n) is 8.58. The number of benzene rings is 1. The molecule has 4 rings (SSSR count). The Hall–Kier alpha value is -2.40. The molecule has 2 aromatic heterocycles. The fraction of sp³-hybridized carbons (Fsp3) is 0.368. The maximum Gasteiger partial charge on any atom is 0.233 e. The summed E-state index contributed by atoms with van der Waals surface area (Å²) in [5.74, 6) is 0.774. The number of piperidine rings is 1. The molecule has 1 saturated heterocycles. The lowest BCUT2D eigenvalue weighted by Gasteiger charge is -2.38. The molecule has 3 aromatic rings. The van der Waals surface area contributed by atoms with E-state index in [0.29, 0.717) is 6.04 Å². The Labute approximate surface area is 142 Å². The molecule has 124 valence electrons. The zero-order chi connectivity index (χ0) is 16.4. The zero-order valence-corrected chi connectivity index (χ0v) is 14.0. The molecule has 0 radical (unpaired) electrons. The number of aromatic nitrogens is 3. The SMILES string of the molecule is CN(Cc1cn2cccnc2n1)[C@@H]1CCCN(c2ccccc2)C1. The first kappa shape index (κ1) is 15.1. The van der Waals surface area contributed by atoms with E-state index in [1.165, 1.54) is 18.5 Å². The minimum absolute atomic E-state index is 0.553. The number of rotatable bonds is 4. The van der Waals surface area contributed by atoms with Crippen LogP contribution in [0.15, 0.2) is 55.0 Å². The minimum atomic E-state index is 0.553. The van der Waals surface area contributed by atoms with Crippen LogP contribution >= 0.6 is 0 Å². The van der Waals surface area contributed by atoms with Crippen molar-refractivity contribution in [1.82, 2.24) is 19.3 Å². The molecular formula is C19H23N5. The molecule has 0 saturated carbocycles. The lowest BCUT2D eigenvalue weighted by Crippen LogP contribution is -2.46. The molecular weight excluding hydrogens is 298 g/mol. The number of anilines is 1. The van der Waals surface area contributed by atoms with Gasteiger partial charge in [-0.3, -0.25) is 9.30 Å². The standard InChI is InChI=1S/C19H23N5/c1-22(13-16-14-24-12-6-10-20-19(24)21-16)18-9-5-11-23(15-18)17-7-3-2-4-8-17/h2-4,6-8,10,12,14,18H,5,9,11,13,15H2,1H3/t18-/m1/s1. The molecule has 0 amide bonds. The van der Waals surface area contributed by atoms with Crippen LogP contribution in [-0.2, 0) is 6.54 Å². The monoisotopic (exact) mass is 321 g/mol. The van der Waals surface area contributed by atoms with Crippen LogP contribution in [-0.4, -0.2) is 45.4 Å². The molecule has 1 aliphatic rings. The third-order valence-electron chi connectivity index (χ3n) is 4.84. The van der Waals surface area contributed by atoms with Gasteiger partial charge in [-0.2, -0.15) is 0 Å². The number of likely N-dealkylation sites (N-methyl/N-ethyl adjacent to an activating group) is 1. The average Bonchev–Trinajstić information content (AvgIpc) is 3.05. The Morgan fingerprint density at radius 3 is 2.92 bits per heavy atom. The summed E-state index contributed by atoms with van der Waals surface area (Å²) in [5.41, 5.74) is 2.40. The van der Waals surface area contributed by atoms with Crippen LogP contribution in [0.25, 0.3) is 5.78 Å². The lowest BCUT2D eigenvalue weighted by molar-refractivity contribution is 0.206. The third-order valence-corrected chi connectivity index (χ3v) is 4.84. The summed E-state index contributed by atoms with van der Waals surface area (Å²) in [4.78, 5) is 13.8. The van der Waals surface area contributed by atoms with Gasteiger partial charge in [0.25, 0.3) is 0 Å². The summed E-state index contributed by atoms with van der Waals surface area (Å²) >= 11 is 0. The van der Waals surface area contributed by atoms with E-state index in [1.807, 2.05) is 16.7 Å². The number of hydrogen-bond donors (Lipinski definition) is 0. The van der Waals surface area contributed by atoms with E-state index >= 15 is 0 Å². The van der Waals surface area contributed by atoms with Crippen LogP contribution in [0.2, 0.25) is 0 Å². The molecule has 1 aliphatic heterocycles. The number of nitrogens with zero attached hydrogens (tertiary/aromatic N) is 5. The Balaban J connectivity index is 1.44. The highest BCUT2D eigenvalue weighted by atomic mass is 15.2. The predicted octanol–water partition coefficient (Wildman–Crippen LogP) is 2.83. The van der Waals surface area contributed by atoms with Gasteiger partial charge in [0.15, 0.2) is 0 Å². The van der Waals surface area contributed by atoms with Crippen LogP contribution < -0.4 is 4.90 Å². The second kappa shape index (κ2) is 6.61. The molecule has 0 spiro atoms. The zero-order valence-electron chi connectivity index (χ0n) is 14.0. The Kier molecular flexibility index (Phi) is 4.17. The summed E-state index contributed by atoms with van der Waals surface area (Å²) in [6.45, 7) is 3.08. The first-order valence-corrected chi connectivity index (χ1v) is 8.58. The van der Waals surface area contributed by atoms with E-state index in [9.17, 15) is 0 Å². The molecule has 1 fully saturated rings. The van der Waals surface area contributed by atoms with Crippen molar-refractivity contribution in [2.45, 2.75) is 25.4 Å². The lowest BCUT2D eigenvalue weighted by atomic mass is 10.0. The molecule has 0 bridgehead atoms. The summed E-state index contributed by atoms with van der Waals surface area (Å²) in [6, 6.07) is 13.2. The summed E-state index contributed by atoms with van der Waals surface area (Å²) in [5, 5.41) is 0. The smallest absolute Gasteiger partial charge is 0.233 e. The summed E-state index contributed by atoms with van der Waals surface area (Å²) < 4.78 is 1.99. The summed E-state index contributed by atoms with van der Waals surface area (Å²) in [6.07, 6.45) is 8.34. The molecule has 5 heteroatoms. The van der Waals surface area contributed by atoms with Gasteiger partial charge in [0.1, 0.15) is 0 Å². The van der Waals surface area contributed by atoms with Gasteiger partial charge < -0.3 is 4.90 Å². The van der Waals surface area contributed by atoms with E-state index < -0.39 is 0 Å². The quantitative estimate of drug-likeness (QED) is 0.740. The highest BCUT2D eigenvalue weighted by Crippen LogP contribution is 2.22. The molecule has 0 unspecified atom stereocenters. The van der Waals surface area contributed by atoms with Crippen molar-refractivity contribution in [2.24, 2.45) is 0 Å². The Morgan fingerprint density at radius 1 is 1.21 bits per heavy atom. The number of fused-ring (bicyclic) bond motifs is 1. The van der Waals surface area contributed by atoms with E-state index in [1.54, 1.807) is 6.20 Å². The number of imidazole rings is 1. The average molecular weight is 321 g/mol. The largest absolute Gasteiger partial charge is 0.370 e. The molecule has 5 nitrogen and oxygen atoms in total.